The van der Waals surface area contributed by atoms with Crippen LogP contribution in [0.5, 0.6) is 0 Å². The van der Waals surface area contributed by atoms with Crippen LogP contribution in [0.2, 0.25) is 10.0 Å². The summed E-state index contributed by atoms with van der Waals surface area (Å²) in [5.74, 6) is -2.74. The van der Waals surface area contributed by atoms with Crippen molar-refractivity contribution in [2.24, 2.45) is 0 Å². The number of sulfone groups is 1. The van der Waals surface area contributed by atoms with Crippen molar-refractivity contribution >= 4 is 73.0 Å². The third kappa shape index (κ3) is 6.45. The van der Waals surface area contributed by atoms with Crippen molar-refractivity contribution in [2.45, 2.75) is 60.3 Å². The minimum Gasteiger partial charge on any atom is -0.344 e. The van der Waals surface area contributed by atoms with Crippen molar-refractivity contribution in [3.05, 3.63) is 107 Å². The van der Waals surface area contributed by atoms with Crippen LogP contribution in [0.4, 0.5) is 5.69 Å². The van der Waals surface area contributed by atoms with Gasteiger partial charge in [0.2, 0.25) is 17.6 Å². The number of Topliss-reactive ketones (excluding diaryl/α,β-unsaturated/α-hetero) is 1. The Kier molecular flexibility index (Phi) is 9.59. The monoisotopic (exact) mass is 719 g/mol. The van der Waals surface area contributed by atoms with Gasteiger partial charge in [-0.05, 0) is 67.0 Å². The molecule has 2 fully saturated rings. The van der Waals surface area contributed by atoms with E-state index in [0.717, 1.165) is 16.3 Å². The minimum absolute atomic E-state index is 0.0403. The lowest BCUT2D eigenvalue weighted by Gasteiger charge is -2.29. The van der Waals surface area contributed by atoms with Gasteiger partial charge in [0.05, 0.1) is 32.3 Å². The highest BCUT2D eigenvalue weighted by Crippen LogP contribution is 2.51. The van der Waals surface area contributed by atoms with Crippen LogP contribution in [0.1, 0.15) is 38.2 Å². The second-order valence-corrected chi connectivity index (χ2v) is 15.6. The van der Waals surface area contributed by atoms with Gasteiger partial charge in [-0.25, -0.2) is 8.42 Å². The zero-order valence-corrected chi connectivity index (χ0v) is 29.3. The van der Waals surface area contributed by atoms with Gasteiger partial charge in [0.1, 0.15) is 6.04 Å². The van der Waals surface area contributed by atoms with E-state index in [1.165, 1.54) is 29.0 Å². The van der Waals surface area contributed by atoms with Gasteiger partial charge in [0.25, 0.3) is 5.91 Å². The van der Waals surface area contributed by atoms with E-state index < -0.39 is 50.2 Å². The molecule has 1 aliphatic heterocycles. The predicted molar refractivity (Wildman–Crippen MR) is 189 cm³/mol. The molecule has 4 aromatic rings. The van der Waals surface area contributed by atoms with Crippen molar-refractivity contribution < 1.29 is 27.6 Å². The molecule has 0 bridgehead atoms. The zero-order valence-electron chi connectivity index (χ0n) is 26.9. The first-order valence-corrected chi connectivity index (χ1v) is 18.3. The Morgan fingerprint density at radius 3 is 2.24 bits per heavy atom. The Hall–Kier alpha value is -4.25. The van der Waals surface area contributed by atoms with E-state index >= 15 is 0 Å². The summed E-state index contributed by atoms with van der Waals surface area (Å²) in [7, 11) is -2.57. The molecule has 4 aromatic carbocycles. The van der Waals surface area contributed by atoms with E-state index in [-0.39, 0.29) is 35.2 Å². The molecule has 3 atom stereocenters. The van der Waals surface area contributed by atoms with Crippen molar-refractivity contribution in [3.8, 4) is 0 Å². The Morgan fingerprint density at radius 1 is 0.918 bits per heavy atom. The molecule has 3 amide bonds. The number of hydrogen-bond donors (Lipinski definition) is 1. The standard InChI is InChI=1S/C37H35Cl2N3O6S/c1-3-29(33(43)35(45)41(2)30-13-8-10-23-9-4-5-11-27(23)30)40-34(44)31-21-26(49(47,48)32-14-7-6-12-28(32)39)22-42(31)36(46)37(19-20-37)24-15-17-25(38)18-16-24/h4-18,26,29,31H,3,19-22H2,1-2H3,(H,40,44)/t26-,29+,31+/m1/s1. The lowest BCUT2D eigenvalue weighted by Crippen LogP contribution is -2.54. The quantitative estimate of drug-likeness (QED) is 0.209. The average Bonchev–Trinajstić information content (AvgIpc) is 3.79. The maximum Gasteiger partial charge on any atom is 0.296 e. The molecule has 1 saturated heterocycles. The van der Waals surface area contributed by atoms with Crippen molar-refractivity contribution in [2.75, 3.05) is 18.5 Å². The van der Waals surface area contributed by atoms with Crippen LogP contribution in [0.3, 0.4) is 0 Å². The lowest BCUT2D eigenvalue weighted by molar-refractivity contribution is -0.142. The number of hydrogen-bond acceptors (Lipinski definition) is 6. The summed E-state index contributed by atoms with van der Waals surface area (Å²) in [6.07, 6.45) is 0.920. The van der Waals surface area contributed by atoms with Gasteiger partial charge in [0, 0.05) is 24.0 Å². The Balaban J connectivity index is 1.27. The molecule has 49 heavy (non-hydrogen) atoms. The second kappa shape index (κ2) is 13.6. The van der Waals surface area contributed by atoms with Crippen LogP contribution < -0.4 is 10.2 Å². The number of likely N-dealkylation sites (tertiary alicyclic amines) is 1. The van der Waals surface area contributed by atoms with Crippen LogP contribution in [0, 0.1) is 0 Å². The third-order valence-electron chi connectivity index (χ3n) is 9.65. The normalized spacial score (nSPS) is 18.9. The Labute approximate surface area is 295 Å². The fraction of sp³-hybridized carbons (Fsp3) is 0.297. The molecule has 6 rings (SSSR count). The third-order valence-corrected chi connectivity index (χ3v) is 12.5. The highest BCUT2D eigenvalue weighted by molar-refractivity contribution is 7.92. The number of anilines is 1. The summed E-state index contributed by atoms with van der Waals surface area (Å²) in [6, 6.07) is 23.4. The maximum absolute atomic E-state index is 14.3. The number of nitrogens with zero attached hydrogens (tertiary/aromatic N) is 2. The van der Waals surface area contributed by atoms with E-state index in [4.69, 9.17) is 23.2 Å². The maximum atomic E-state index is 14.3. The molecule has 12 heteroatoms. The van der Waals surface area contributed by atoms with Crippen LogP contribution in [-0.2, 0) is 34.4 Å². The lowest BCUT2D eigenvalue weighted by atomic mass is 9.94. The number of ketones is 1. The molecule has 0 unspecified atom stereocenters. The number of amides is 3. The van der Waals surface area contributed by atoms with Crippen molar-refractivity contribution in [3.63, 3.8) is 0 Å². The van der Waals surface area contributed by atoms with Crippen molar-refractivity contribution in [1.82, 2.24) is 10.2 Å². The van der Waals surface area contributed by atoms with Gasteiger partial charge in [-0.2, -0.15) is 0 Å². The number of fused-ring (bicyclic) bond motifs is 1. The van der Waals surface area contributed by atoms with Gasteiger partial charge in [-0.1, -0.05) is 90.8 Å². The number of carbonyl (C=O) groups is 4. The van der Waals surface area contributed by atoms with E-state index in [1.807, 2.05) is 30.3 Å². The summed E-state index contributed by atoms with van der Waals surface area (Å²) < 4.78 is 27.7. The summed E-state index contributed by atoms with van der Waals surface area (Å²) in [6.45, 7) is 1.42. The van der Waals surface area contributed by atoms with Gasteiger partial charge in [-0.15, -0.1) is 0 Å². The molecular formula is C37H35Cl2N3O6S. The molecular weight excluding hydrogens is 685 g/mol. The molecule has 1 aliphatic carbocycles. The first-order valence-electron chi connectivity index (χ1n) is 16.0. The smallest absolute Gasteiger partial charge is 0.296 e. The summed E-state index contributed by atoms with van der Waals surface area (Å²) in [4.78, 5) is 58.0. The Morgan fingerprint density at radius 2 is 1.57 bits per heavy atom. The molecule has 1 N–H and O–H groups in total. The highest BCUT2D eigenvalue weighted by atomic mass is 35.5. The molecule has 9 nitrogen and oxygen atoms in total. The molecule has 0 spiro atoms. The van der Waals surface area contributed by atoms with E-state index in [2.05, 4.69) is 5.32 Å². The van der Waals surface area contributed by atoms with E-state index in [0.29, 0.717) is 23.6 Å². The molecule has 254 valence electrons. The first kappa shape index (κ1) is 34.6. The van der Waals surface area contributed by atoms with Crippen LogP contribution in [-0.4, -0.2) is 67.7 Å². The molecule has 0 radical (unpaired) electrons. The number of rotatable bonds is 10. The van der Waals surface area contributed by atoms with Gasteiger partial charge < -0.3 is 15.1 Å². The fourth-order valence-electron chi connectivity index (χ4n) is 6.69. The van der Waals surface area contributed by atoms with E-state index in [1.54, 1.807) is 55.5 Å². The second-order valence-electron chi connectivity index (χ2n) is 12.6. The summed E-state index contributed by atoms with van der Waals surface area (Å²) in [5, 5.41) is 3.78. The van der Waals surface area contributed by atoms with E-state index in [9.17, 15) is 27.6 Å². The Bertz CT molecular complexity index is 2060. The van der Waals surface area contributed by atoms with Crippen molar-refractivity contribution in [1.29, 1.82) is 0 Å². The topological polar surface area (TPSA) is 121 Å². The highest BCUT2D eigenvalue weighted by Gasteiger charge is 2.57. The van der Waals surface area contributed by atoms with Gasteiger partial charge >= 0.3 is 0 Å². The summed E-state index contributed by atoms with van der Waals surface area (Å²) in [5.41, 5.74) is 0.334. The zero-order chi connectivity index (χ0) is 35.1. The average molecular weight is 721 g/mol. The van der Waals surface area contributed by atoms with Crippen LogP contribution >= 0.6 is 23.2 Å². The largest absolute Gasteiger partial charge is 0.344 e. The molecule has 1 heterocycles. The number of nitrogens with one attached hydrogen (secondary N) is 1. The minimum atomic E-state index is -4.07. The van der Waals surface area contributed by atoms with Gasteiger partial charge in [-0.3, -0.25) is 19.2 Å². The fourth-order valence-corrected chi connectivity index (χ4v) is 9.03. The number of likely N-dealkylation sites (N-methyl/N-ethyl adjacent to an activating group) is 1. The van der Waals surface area contributed by atoms with Crippen LogP contribution in [0.25, 0.3) is 10.8 Å². The first-order chi connectivity index (χ1) is 23.4. The summed E-state index contributed by atoms with van der Waals surface area (Å²) >= 11 is 12.4. The number of benzene rings is 4. The predicted octanol–water partition coefficient (Wildman–Crippen LogP) is 5.75. The van der Waals surface area contributed by atoms with Gasteiger partial charge in [0.15, 0.2) is 9.84 Å². The molecule has 0 aromatic heterocycles. The number of carbonyl (C=O) groups excluding carboxylic acids is 4. The molecule has 1 saturated carbocycles. The SMILES string of the molecule is CC[C@H](NC(=O)[C@@H]1C[C@@H](S(=O)(=O)c2ccccc2Cl)CN1C(=O)C1(c2ccc(Cl)cc2)CC1)C(=O)C(=O)N(C)c1cccc2ccccc12. The number of halogens is 2. The van der Waals surface area contributed by atoms with Crippen LogP contribution in [0.15, 0.2) is 95.9 Å². The molecule has 2 aliphatic rings.